The van der Waals surface area contributed by atoms with Crippen LogP contribution in [0, 0.1) is 0 Å². The van der Waals surface area contributed by atoms with E-state index in [-0.39, 0.29) is 18.9 Å². The third-order valence-electron chi connectivity index (χ3n) is 8.83. The molecule has 10 heteroatoms. The summed E-state index contributed by atoms with van der Waals surface area (Å²) in [5.41, 5.74) is 0. The van der Waals surface area contributed by atoms with Gasteiger partial charge in [0, 0.05) is 6.42 Å². The first-order valence-electron chi connectivity index (χ1n) is 20.7. The number of nitrogens with one attached hydrogen (secondary N) is 1. The molecule has 0 bridgehead atoms. The van der Waals surface area contributed by atoms with Crippen LogP contribution < -0.4 is 10.2 Å². The van der Waals surface area contributed by atoms with Crippen molar-refractivity contribution in [3.8, 4) is 0 Å². The largest absolute Gasteiger partial charge is 0.756 e. The van der Waals surface area contributed by atoms with E-state index in [1.54, 1.807) is 0 Å². The number of aliphatic hydroxyl groups excluding tert-OH is 2. The molecule has 0 saturated carbocycles. The number of rotatable bonds is 36. The number of hydrogen-bond acceptors (Lipinski definition) is 7. The van der Waals surface area contributed by atoms with E-state index in [4.69, 9.17) is 9.05 Å². The van der Waals surface area contributed by atoms with E-state index in [0.717, 1.165) is 64.2 Å². The number of aliphatic hydroxyl groups is 2. The molecule has 4 unspecified atom stereocenters. The normalized spacial score (nSPS) is 15.7. The van der Waals surface area contributed by atoms with E-state index in [1.165, 1.54) is 44.9 Å². The first-order chi connectivity index (χ1) is 25.4. The Bertz CT molecular complexity index is 1070. The fraction of sp³-hybridized carbons (Fsp3) is 0.744. The maximum atomic E-state index is 12.8. The fourth-order valence-electron chi connectivity index (χ4n) is 5.48. The van der Waals surface area contributed by atoms with Crippen molar-refractivity contribution in [1.82, 2.24) is 5.32 Å². The van der Waals surface area contributed by atoms with Gasteiger partial charge in [0.15, 0.2) is 0 Å². The van der Waals surface area contributed by atoms with Crippen LogP contribution in [0.1, 0.15) is 149 Å². The number of carbonyl (C=O) groups excluding carboxylic acids is 1. The Kier molecular flexibility index (Phi) is 33.4. The van der Waals surface area contributed by atoms with E-state index in [2.05, 4.69) is 79.9 Å². The van der Waals surface area contributed by atoms with Crippen molar-refractivity contribution in [3.63, 3.8) is 0 Å². The zero-order valence-electron chi connectivity index (χ0n) is 34.3. The smallest absolute Gasteiger partial charge is 0.268 e. The number of carbonyl (C=O) groups is 1. The molecule has 0 spiro atoms. The summed E-state index contributed by atoms with van der Waals surface area (Å²) in [6.45, 7) is 4.24. The SMILES string of the molecule is CC/C=C\C/C=C\C/C=C\C/C=C\CCCCCCC(=O)NC(COP(=O)([O-])OCC[N+](C)(C)C)C(O)C(O)CCC/C=C/CCCCCCCCC. The molecule has 3 N–H and O–H groups in total. The summed E-state index contributed by atoms with van der Waals surface area (Å²) in [7, 11) is 1.08. The first-order valence-corrected chi connectivity index (χ1v) is 22.2. The van der Waals surface area contributed by atoms with Gasteiger partial charge in [0.2, 0.25) is 5.91 Å². The lowest BCUT2D eigenvalue weighted by Crippen LogP contribution is -2.51. The van der Waals surface area contributed by atoms with Gasteiger partial charge in [-0.2, -0.15) is 0 Å². The summed E-state index contributed by atoms with van der Waals surface area (Å²) in [5, 5.41) is 24.5. The standard InChI is InChI=1S/C43H79N2O7P/c1-6-8-10-12-14-16-18-20-21-22-23-24-26-28-30-32-34-36-42(47)44-40(39-52-53(49,50)51-38-37-45(3,4)5)43(48)41(46)35-33-31-29-27-25-19-17-15-13-11-9-7-2/h8,10,14,16,20-21,23-24,27,29,40-41,43,46,48H,6-7,9,11-13,15,17-19,22,25-26,28,30-39H2,1-5H3,(H-,44,47,49,50)/b10-8-,16-14-,21-20-,24-23-,29-27+. The Morgan fingerprint density at radius 2 is 1.19 bits per heavy atom. The Morgan fingerprint density at radius 3 is 1.75 bits per heavy atom. The summed E-state index contributed by atoms with van der Waals surface area (Å²) in [6.07, 6.45) is 39.7. The minimum absolute atomic E-state index is 0.0543. The number of likely N-dealkylation sites (N-methyl/N-ethyl adjacent to an activating group) is 1. The predicted octanol–water partition coefficient (Wildman–Crippen LogP) is 9.41. The van der Waals surface area contributed by atoms with Gasteiger partial charge < -0.3 is 34.0 Å². The summed E-state index contributed by atoms with van der Waals surface area (Å²) >= 11 is 0. The van der Waals surface area contributed by atoms with Crippen molar-refractivity contribution in [2.75, 3.05) is 40.9 Å². The van der Waals surface area contributed by atoms with Crippen molar-refractivity contribution >= 4 is 13.7 Å². The Morgan fingerprint density at radius 1 is 0.698 bits per heavy atom. The number of phosphoric ester groups is 1. The van der Waals surface area contributed by atoms with Gasteiger partial charge in [-0.05, 0) is 77.0 Å². The summed E-state index contributed by atoms with van der Waals surface area (Å²) in [5.74, 6) is -0.316. The van der Waals surface area contributed by atoms with Crippen molar-refractivity contribution in [2.24, 2.45) is 0 Å². The highest BCUT2D eigenvalue weighted by atomic mass is 31.2. The van der Waals surface area contributed by atoms with Crippen molar-refractivity contribution in [1.29, 1.82) is 0 Å². The lowest BCUT2D eigenvalue weighted by molar-refractivity contribution is -0.870. The monoisotopic (exact) mass is 767 g/mol. The Labute approximate surface area is 324 Å². The minimum atomic E-state index is -4.68. The molecule has 0 aromatic carbocycles. The molecule has 0 radical (unpaired) electrons. The summed E-state index contributed by atoms with van der Waals surface area (Å²) < 4.78 is 23.1. The van der Waals surface area contributed by atoms with Gasteiger partial charge in [-0.15, -0.1) is 0 Å². The van der Waals surface area contributed by atoms with Crippen LogP contribution in [0.3, 0.4) is 0 Å². The molecule has 0 heterocycles. The van der Waals surface area contributed by atoms with E-state index in [0.29, 0.717) is 30.3 Å². The topological polar surface area (TPSA) is 128 Å². The molecule has 1 amide bonds. The van der Waals surface area contributed by atoms with E-state index < -0.39 is 32.7 Å². The van der Waals surface area contributed by atoms with Crippen LogP contribution in [0.25, 0.3) is 0 Å². The number of nitrogens with zero attached hydrogens (tertiary/aromatic N) is 1. The van der Waals surface area contributed by atoms with Crippen molar-refractivity contribution in [3.05, 3.63) is 60.8 Å². The molecular weight excluding hydrogens is 687 g/mol. The highest BCUT2D eigenvalue weighted by Crippen LogP contribution is 2.38. The van der Waals surface area contributed by atoms with Crippen LogP contribution in [0.4, 0.5) is 0 Å². The Hall–Kier alpha value is -1.84. The number of quaternary nitrogens is 1. The molecule has 0 aliphatic rings. The molecular formula is C43H79N2O7P. The zero-order valence-corrected chi connectivity index (χ0v) is 35.2. The fourth-order valence-corrected chi connectivity index (χ4v) is 6.20. The third-order valence-corrected chi connectivity index (χ3v) is 9.80. The van der Waals surface area contributed by atoms with E-state index in [9.17, 15) is 24.5 Å². The van der Waals surface area contributed by atoms with Gasteiger partial charge >= 0.3 is 0 Å². The second-order valence-corrected chi connectivity index (χ2v) is 16.5. The molecule has 0 rings (SSSR count). The maximum Gasteiger partial charge on any atom is 0.268 e. The number of allylic oxidation sites excluding steroid dienone is 10. The summed E-state index contributed by atoms with van der Waals surface area (Å²) in [6, 6.07) is -1.10. The van der Waals surface area contributed by atoms with E-state index in [1.807, 2.05) is 21.1 Å². The predicted molar refractivity (Wildman–Crippen MR) is 220 cm³/mol. The van der Waals surface area contributed by atoms with Gasteiger partial charge in [0.05, 0.1) is 39.9 Å². The van der Waals surface area contributed by atoms with Crippen LogP contribution in [-0.2, 0) is 18.4 Å². The molecule has 4 atom stereocenters. The van der Waals surface area contributed by atoms with Gasteiger partial charge in [0.1, 0.15) is 19.3 Å². The van der Waals surface area contributed by atoms with Gasteiger partial charge in [-0.25, -0.2) is 0 Å². The molecule has 0 aliphatic carbocycles. The summed E-state index contributed by atoms with van der Waals surface area (Å²) in [4.78, 5) is 25.3. The molecule has 9 nitrogen and oxygen atoms in total. The van der Waals surface area contributed by atoms with Crippen LogP contribution in [-0.4, -0.2) is 79.8 Å². The lowest BCUT2D eigenvalue weighted by Gasteiger charge is -2.31. The van der Waals surface area contributed by atoms with Gasteiger partial charge in [0.25, 0.3) is 7.82 Å². The molecule has 0 aliphatic heterocycles. The van der Waals surface area contributed by atoms with Crippen molar-refractivity contribution in [2.45, 2.75) is 167 Å². The van der Waals surface area contributed by atoms with Crippen LogP contribution >= 0.6 is 7.82 Å². The zero-order chi connectivity index (χ0) is 39.5. The van der Waals surface area contributed by atoms with E-state index >= 15 is 0 Å². The quantitative estimate of drug-likeness (QED) is 0.0251. The van der Waals surface area contributed by atoms with Crippen LogP contribution in [0.2, 0.25) is 0 Å². The van der Waals surface area contributed by atoms with Crippen molar-refractivity contribution < 1.29 is 38.0 Å². The second kappa shape index (κ2) is 34.6. The highest BCUT2D eigenvalue weighted by molar-refractivity contribution is 7.45. The third kappa shape index (κ3) is 35.6. The molecule has 0 saturated heterocycles. The minimum Gasteiger partial charge on any atom is -0.756 e. The van der Waals surface area contributed by atoms with Crippen LogP contribution in [0.15, 0.2) is 60.8 Å². The maximum absolute atomic E-state index is 12.8. The van der Waals surface area contributed by atoms with Gasteiger partial charge in [-0.3, -0.25) is 9.36 Å². The molecule has 0 aromatic heterocycles. The lowest BCUT2D eigenvalue weighted by atomic mass is 10.0. The molecule has 0 fully saturated rings. The average molecular weight is 767 g/mol. The first kappa shape index (κ1) is 51.2. The average Bonchev–Trinajstić information content (AvgIpc) is 3.10. The second-order valence-electron chi connectivity index (χ2n) is 15.1. The number of phosphoric acid groups is 1. The number of hydrogen-bond donors (Lipinski definition) is 3. The van der Waals surface area contributed by atoms with Crippen LogP contribution in [0.5, 0.6) is 0 Å². The number of amides is 1. The highest BCUT2D eigenvalue weighted by Gasteiger charge is 2.29. The Balaban J connectivity index is 4.66. The molecule has 53 heavy (non-hydrogen) atoms. The van der Waals surface area contributed by atoms with Gasteiger partial charge in [-0.1, -0.05) is 126 Å². The number of unbranched alkanes of at least 4 members (excludes halogenated alkanes) is 12. The molecule has 0 aromatic rings. The molecule has 308 valence electrons.